The normalized spacial score (nSPS) is 21.6. The first-order chi connectivity index (χ1) is 10.0. The van der Waals surface area contributed by atoms with Crippen molar-refractivity contribution in [2.45, 2.75) is 50.4 Å². The van der Waals surface area contributed by atoms with Crippen LogP contribution in [0.1, 0.15) is 48.7 Å². The summed E-state index contributed by atoms with van der Waals surface area (Å²) < 4.78 is 26.1. The molecular formula is C14H21N3O3S. The molecule has 1 aromatic heterocycles. The van der Waals surface area contributed by atoms with Gasteiger partial charge in [0.15, 0.2) is 0 Å². The van der Waals surface area contributed by atoms with E-state index < -0.39 is 10.0 Å². The molecule has 0 atom stereocenters. The molecule has 0 amide bonds. The van der Waals surface area contributed by atoms with Gasteiger partial charge in [0, 0.05) is 30.8 Å². The monoisotopic (exact) mass is 311 g/mol. The molecule has 2 fully saturated rings. The van der Waals surface area contributed by atoms with Gasteiger partial charge < -0.3 is 5.11 Å². The van der Waals surface area contributed by atoms with Crippen molar-refractivity contribution < 1.29 is 13.5 Å². The third kappa shape index (κ3) is 2.95. The molecule has 0 aromatic carbocycles. The maximum absolute atomic E-state index is 12.2. The van der Waals surface area contributed by atoms with Gasteiger partial charge in [-0.15, -0.1) is 0 Å². The quantitative estimate of drug-likeness (QED) is 0.895. The van der Waals surface area contributed by atoms with Crippen LogP contribution in [0, 0.1) is 6.92 Å². The SMILES string of the molecule is Cc1ncc(CO)c(C2CCN(S(=O)(=O)C3CC3)CC2)n1. The third-order valence-electron chi connectivity index (χ3n) is 4.33. The minimum atomic E-state index is -3.07. The number of sulfonamides is 1. The lowest BCUT2D eigenvalue weighted by molar-refractivity contribution is 0.272. The average Bonchev–Trinajstić information content (AvgIpc) is 3.32. The fourth-order valence-corrected chi connectivity index (χ4v) is 4.82. The highest BCUT2D eigenvalue weighted by Crippen LogP contribution is 2.35. The topological polar surface area (TPSA) is 83.4 Å². The summed E-state index contributed by atoms with van der Waals surface area (Å²) in [5.41, 5.74) is 1.64. The second-order valence-corrected chi connectivity index (χ2v) is 8.12. The molecule has 1 aliphatic heterocycles. The van der Waals surface area contributed by atoms with Crippen LogP contribution < -0.4 is 0 Å². The van der Waals surface area contributed by atoms with Crippen LogP contribution in [0.4, 0.5) is 0 Å². The number of aromatic nitrogens is 2. The number of hydrogen-bond acceptors (Lipinski definition) is 5. The molecule has 2 aliphatic rings. The van der Waals surface area contributed by atoms with Gasteiger partial charge in [-0.3, -0.25) is 0 Å². The van der Waals surface area contributed by atoms with E-state index in [-0.39, 0.29) is 17.8 Å². The van der Waals surface area contributed by atoms with Crippen LogP contribution in [-0.4, -0.2) is 46.1 Å². The smallest absolute Gasteiger partial charge is 0.216 e. The fourth-order valence-electron chi connectivity index (χ4n) is 2.95. The van der Waals surface area contributed by atoms with Gasteiger partial charge in [-0.05, 0) is 32.6 Å². The second-order valence-electron chi connectivity index (χ2n) is 5.90. The zero-order chi connectivity index (χ0) is 15.0. The van der Waals surface area contributed by atoms with Gasteiger partial charge in [0.1, 0.15) is 5.82 Å². The van der Waals surface area contributed by atoms with E-state index in [1.165, 1.54) is 0 Å². The van der Waals surface area contributed by atoms with E-state index in [4.69, 9.17) is 0 Å². The third-order valence-corrected chi connectivity index (χ3v) is 6.73. The maximum Gasteiger partial charge on any atom is 0.216 e. The highest BCUT2D eigenvalue weighted by molar-refractivity contribution is 7.90. The molecule has 3 rings (SSSR count). The Kier molecular flexibility index (Phi) is 3.98. The lowest BCUT2D eigenvalue weighted by Gasteiger charge is -2.31. The van der Waals surface area contributed by atoms with Crippen molar-refractivity contribution in [2.75, 3.05) is 13.1 Å². The van der Waals surface area contributed by atoms with Gasteiger partial charge in [0.25, 0.3) is 0 Å². The summed E-state index contributed by atoms with van der Waals surface area (Å²) in [6, 6.07) is 0. The molecule has 1 aromatic rings. The maximum atomic E-state index is 12.2. The number of aryl methyl sites for hydroxylation is 1. The number of piperidine rings is 1. The van der Waals surface area contributed by atoms with Gasteiger partial charge in [-0.2, -0.15) is 0 Å². The first-order valence-corrected chi connectivity index (χ1v) is 8.95. The predicted octanol–water partition coefficient (Wildman–Crippen LogP) is 0.949. The first kappa shape index (κ1) is 14.9. The van der Waals surface area contributed by atoms with Crippen LogP contribution in [-0.2, 0) is 16.6 Å². The molecule has 2 heterocycles. The number of nitrogens with zero attached hydrogens (tertiary/aromatic N) is 3. The Morgan fingerprint density at radius 3 is 2.52 bits per heavy atom. The van der Waals surface area contributed by atoms with Gasteiger partial charge in [-0.25, -0.2) is 22.7 Å². The Morgan fingerprint density at radius 1 is 1.29 bits per heavy atom. The summed E-state index contributed by atoms with van der Waals surface area (Å²) in [5.74, 6) is 0.898. The number of hydrogen-bond donors (Lipinski definition) is 1. The Bertz CT molecular complexity index is 620. The standard InChI is InChI=1S/C14H21N3O3S/c1-10-15-8-12(9-18)14(16-10)11-4-6-17(7-5-11)21(19,20)13-2-3-13/h8,11,13,18H,2-7,9H2,1H3. The summed E-state index contributed by atoms with van der Waals surface area (Å²) in [6.07, 6.45) is 4.81. The van der Waals surface area contributed by atoms with Crippen molar-refractivity contribution >= 4 is 10.0 Å². The summed E-state index contributed by atoms with van der Waals surface area (Å²) in [6.45, 7) is 2.86. The Hall–Kier alpha value is -1.05. The van der Waals surface area contributed by atoms with E-state index in [0.717, 1.165) is 36.9 Å². The highest BCUT2D eigenvalue weighted by atomic mass is 32.2. The molecule has 0 spiro atoms. The molecule has 116 valence electrons. The van der Waals surface area contributed by atoms with Crippen molar-refractivity contribution in [3.63, 3.8) is 0 Å². The molecule has 0 unspecified atom stereocenters. The minimum absolute atomic E-state index is 0.0732. The molecule has 21 heavy (non-hydrogen) atoms. The summed E-state index contributed by atoms with van der Waals surface area (Å²) in [4.78, 5) is 8.58. The van der Waals surface area contributed by atoms with E-state index in [1.807, 2.05) is 6.92 Å². The molecule has 6 nitrogen and oxygen atoms in total. The fraction of sp³-hybridized carbons (Fsp3) is 0.714. The van der Waals surface area contributed by atoms with Gasteiger partial charge in [0.05, 0.1) is 17.6 Å². The van der Waals surface area contributed by atoms with Crippen LogP contribution in [0.2, 0.25) is 0 Å². The van der Waals surface area contributed by atoms with E-state index in [2.05, 4.69) is 9.97 Å². The lowest BCUT2D eigenvalue weighted by atomic mass is 9.92. The van der Waals surface area contributed by atoms with Crippen LogP contribution in [0.3, 0.4) is 0 Å². The Labute approximate surface area is 125 Å². The number of aliphatic hydroxyl groups is 1. The number of rotatable bonds is 4. The second kappa shape index (κ2) is 5.62. The van der Waals surface area contributed by atoms with Crippen LogP contribution >= 0.6 is 0 Å². The van der Waals surface area contributed by atoms with Crippen molar-refractivity contribution in [2.24, 2.45) is 0 Å². The van der Waals surface area contributed by atoms with Crippen LogP contribution in [0.15, 0.2) is 6.20 Å². The Morgan fingerprint density at radius 2 is 1.95 bits per heavy atom. The number of aliphatic hydroxyl groups excluding tert-OH is 1. The van der Waals surface area contributed by atoms with Crippen molar-refractivity contribution in [3.8, 4) is 0 Å². The van der Waals surface area contributed by atoms with Gasteiger partial charge in [-0.1, -0.05) is 0 Å². The molecule has 1 N–H and O–H groups in total. The molecular weight excluding hydrogens is 290 g/mol. The van der Waals surface area contributed by atoms with Crippen LogP contribution in [0.25, 0.3) is 0 Å². The summed E-state index contributed by atoms with van der Waals surface area (Å²) in [5, 5.41) is 9.28. The molecule has 1 aliphatic carbocycles. The van der Waals surface area contributed by atoms with Crippen molar-refractivity contribution in [1.29, 1.82) is 0 Å². The lowest BCUT2D eigenvalue weighted by Crippen LogP contribution is -2.40. The molecule has 0 radical (unpaired) electrons. The van der Waals surface area contributed by atoms with E-state index in [0.29, 0.717) is 18.9 Å². The van der Waals surface area contributed by atoms with Gasteiger partial charge >= 0.3 is 0 Å². The van der Waals surface area contributed by atoms with Crippen molar-refractivity contribution in [1.82, 2.24) is 14.3 Å². The highest BCUT2D eigenvalue weighted by Gasteiger charge is 2.41. The first-order valence-electron chi connectivity index (χ1n) is 7.44. The van der Waals surface area contributed by atoms with E-state index >= 15 is 0 Å². The summed E-state index contributed by atoms with van der Waals surface area (Å²) >= 11 is 0. The molecule has 1 saturated heterocycles. The van der Waals surface area contributed by atoms with E-state index in [1.54, 1.807) is 10.5 Å². The summed E-state index contributed by atoms with van der Waals surface area (Å²) in [7, 11) is -3.07. The Balaban J connectivity index is 1.72. The van der Waals surface area contributed by atoms with Crippen molar-refractivity contribution in [3.05, 3.63) is 23.3 Å². The minimum Gasteiger partial charge on any atom is -0.392 e. The zero-order valence-electron chi connectivity index (χ0n) is 12.2. The predicted molar refractivity (Wildman–Crippen MR) is 78.2 cm³/mol. The molecule has 1 saturated carbocycles. The van der Waals surface area contributed by atoms with E-state index in [9.17, 15) is 13.5 Å². The molecule has 7 heteroatoms. The largest absolute Gasteiger partial charge is 0.392 e. The van der Waals surface area contributed by atoms with Gasteiger partial charge in [0.2, 0.25) is 10.0 Å². The molecule has 0 bridgehead atoms. The van der Waals surface area contributed by atoms with Crippen LogP contribution in [0.5, 0.6) is 0 Å². The average molecular weight is 311 g/mol. The zero-order valence-corrected chi connectivity index (χ0v) is 13.0.